The number of halogens is 1. The molecular weight excluding hydrogens is 330 g/mol. The first kappa shape index (κ1) is 15.3. The third-order valence-corrected chi connectivity index (χ3v) is 5.02. The molecule has 1 aromatic carbocycles. The maximum absolute atomic E-state index is 6.34. The molecule has 2 heterocycles. The van der Waals surface area contributed by atoms with Crippen LogP contribution in [0.5, 0.6) is 5.75 Å². The molecule has 2 aliphatic rings. The van der Waals surface area contributed by atoms with E-state index in [1.165, 1.54) is 5.56 Å². The minimum Gasteiger partial charge on any atom is -0.490 e. The Hall–Kier alpha value is -0.580. The van der Waals surface area contributed by atoms with Crippen molar-refractivity contribution < 1.29 is 9.47 Å². The van der Waals surface area contributed by atoms with Gasteiger partial charge in [0.15, 0.2) is 0 Å². The Bertz CT molecular complexity index is 474. The Morgan fingerprint density at radius 3 is 2.86 bits per heavy atom. The van der Waals surface area contributed by atoms with Gasteiger partial charge in [-0.25, -0.2) is 0 Å². The van der Waals surface area contributed by atoms with Crippen molar-refractivity contribution in [3.05, 3.63) is 28.2 Å². The SMILES string of the molecule is CCCNC1CC(C2CCOCC2)Oc2cc(Br)ccc21. The highest BCUT2D eigenvalue weighted by Crippen LogP contribution is 2.40. The fourth-order valence-electron chi connectivity index (χ4n) is 3.36. The van der Waals surface area contributed by atoms with E-state index in [-0.39, 0.29) is 0 Å². The smallest absolute Gasteiger partial charge is 0.125 e. The lowest BCUT2D eigenvalue weighted by molar-refractivity contribution is 0.00528. The van der Waals surface area contributed by atoms with Crippen molar-refractivity contribution in [2.75, 3.05) is 19.8 Å². The second-order valence-electron chi connectivity index (χ2n) is 6.03. The molecule has 1 fully saturated rings. The number of benzene rings is 1. The van der Waals surface area contributed by atoms with Crippen molar-refractivity contribution >= 4 is 15.9 Å². The van der Waals surface area contributed by atoms with Gasteiger partial charge < -0.3 is 14.8 Å². The van der Waals surface area contributed by atoms with Gasteiger partial charge in [0.25, 0.3) is 0 Å². The summed E-state index contributed by atoms with van der Waals surface area (Å²) >= 11 is 3.56. The van der Waals surface area contributed by atoms with Crippen molar-refractivity contribution in [1.29, 1.82) is 0 Å². The van der Waals surface area contributed by atoms with Gasteiger partial charge in [-0.2, -0.15) is 0 Å². The third kappa shape index (κ3) is 3.61. The van der Waals surface area contributed by atoms with Crippen LogP contribution in [0.4, 0.5) is 0 Å². The largest absolute Gasteiger partial charge is 0.490 e. The summed E-state index contributed by atoms with van der Waals surface area (Å²) in [6, 6.07) is 6.82. The van der Waals surface area contributed by atoms with Gasteiger partial charge in [0.2, 0.25) is 0 Å². The molecule has 2 atom stereocenters. The lowest BCUT2D eigenvalue weighted by Crippen LogP contribution is -2.39. The Morgan fingerprint density at radius 2 is 2.10 bits per heavy atom. The van der Waals surface area contributed by atoms with E-state index in [1.807, 2.05) is 0 Å². The molecule has 0 amide bonds. The number of hydrogen-bond donors (Lipinski definition) is 1. The Labute approximate surface area is 135 Å². The van der Waals surface area contributed by atoms with E-state index in [0.717, 1.165) is 55.7 Å². The number of rotatable bonds is 4. The molecule has 1 N–H and O–H groups in total. The lowest BCUT2D eigenvalue weighted by atomic mass is 9.86. The van der Waals surface area contributed by atoms with Crippen LogP contribution in [0.3, 0.4) is 0 Å². The topological polar surface area (TPSA) is 30.5 Å². The molecule has 116 valence electrons. The number of fused-ring (bicyclic) bond motifs is 1. The molecule has 0 radical (unpaired) electrons. The minimum absolute atomic E-state index is 0.310. The van der Waals surface area contributed by atoms with E-state index in [4.69, 9.17) is 9.47 Å². The summed E-state index contributed by atoms with van der Waals surface area (Å²) in [6.07, 6.45) is 4.78. The number of hydrogen-bond acceptors (Lipinski definition) is 3. The second-order valence-corrected chi connectivity index (χ2v) is 6.95. The summed E-state index contributed by atoms with van der Waals surface area (Å²) in [5, 5.41) is 3.69. The zero-order chi connectivity index (χ0) is 14.7. The number of ether oxygens (including phenoxy) is 2. The summed E-state index contributed by atoms with van der Waals surface area (Å²) in [7, 11) is 0. The Balaban J connectivity index is 1.80. The van der Waals surface area contributed by atoms with Crippen molar-refractivity contribution in [1.82, 2.24) is 5.32 Å². The molecule has 0 aliphatic carbocycles. The summed E-state index contributed by atoms with van der Waals surface area (Å²) in [4.78, 5) is 0. The van der Waals surface area contributed by atoms with Crippen LogP contribution in [0.15, 0.2) is 22.7 Å². The molecule has 21 heavy (non-hydrogen) atoms. The predicted octanol–water partition coefficient (Wildman–Crippen LogP) is 4.07. The standard InChI is InChI=1S/C17H24BrNO2/c1-2-7-19-15-11-16(12-5-8-20-9-6-12)21-17-10-13(18)3-4-14(15)17/h3-4,10,12,15-16,19H,2,5-9,11H2,1H3. The zero-order valence-corrected chi connectivity index (χ0v) is 14.2. The minimum atomic E-state index is 0.310. The summed E-state index contributed by atoms with van der Waals surface area (Å²) in [6.45, 7) is 5.03. The summed E-state index contributed by atoms with van der Waals surface area (Å²) in [5.41, 5.74) is 1.30. The van der Waals surface area contributed by atoms with Gasteiger partial charge in [0, 0.05) is 41.6 Å². The van der Waals surface area contributed by atoms with Crippen LogP contribution in [0.2, 0.25) is 0 Å². The van der Waals surface area contributed by atoms with Gasteiger partial charge in [-0.15, -0.1) is 0 Å². The van der Waals surface area contributed by atoms with Crippen molar-refractivity contribution in [3.8, 4) is 5.75 Å². The fraction of sp³-hybridized carbons (Fsp3) is 0.647. The van der Waals surface area contributed by atoms with Crippen LogP contribution >= 0.6 is 15.9 Å². The average Bonchev–Trinajstić information content (AvgIpc) is 2.52. The molecule has 1 aromatic rings. The normalized spacial score (nSPS) is 26.2. The van der Waals surface area contributed by atoms with Crippen molar-refractivity contribution in [3.63, 3.8) is 0 Å². The van der Waals surface area contributed by atoms with Crippen LogP contribution < -0.4 is 10.1 Å². The van der Waals surface area contributed by atoms with E-state index < -0.39 is 0 Å². The van der Waals surface area contributed by atoms with Gasteiger partial charge in [-0.1, -0.05) is 28.9 Å². The molecule has 3 rings (SSSR count). The second kappa shape index (κ2) is 7.12. The van der Waals surface area contributed by atoms with E-state index in [9.17, 15) is 0 Å². The first-order chi connectivity index (χ1) is 10.3. The van der Waals surface area contributed by atoms with Crippen LogP contribution in [-0.2, 0) is 4.74 Å². The summed E-state index contributed by atoms with van der Waals surface area (Å²) < 4.78 is 12.9. The molecule has 0 aromatic heterocycles. The van der Waals surface area contributed by atoms with Gasteiger partial charge >= 0.3 is 0 Å². The lowest BCUT2D eigenvalue weighted by Gasteiger charge is -2.38. The van der Waals surface area contributed by atoms with E-state index in [1.54, 1.807) is 0 Å². The molecule has 3 nitrogen and oxygen atoms in total. The number of nitrogens with one attached hydrogen (secondary N) is 1. The molecule has 1 saturated heterocycles. The third-order valence-electron chi connectivity index (χ3n) is 4.53. The highest BCUT2D eigenvalue weighted by atomic mass is 79.9. The molecule has 4 heteroatoms. The van der Waals surface area contributed by atoms with Crippen LogP contribution in [-0.4, -0.2) is 25.9 Å². The Kier molecular flexibility index (Phi) is 5.19. The average molecular weight is 354 g/mol. The molecule has 2 unspecified atom stereocenters. The fourth-order valence-corrected chi connectivity index (χ4v) is 3.70. The van der Waals surface area contributed by atoms with E-state index >= 15 is 0 Å². The summed E-state index contributed by atoms with van der Waals surface area (Å²) in [5.74, 6) is 1.66. The molecule has 2 aliphatic heterocycles. The molecular formula is C17H24BrNO2. The van der Waals surface area contributed by atoms with Crippen molar-refractivity contribution in [2.24, 2.45) is 5.92 Å². The van der Waals surface area contributed by atoms with E-state index in [2.05, 4.69) is 46.4 Å². The van der Waals surface area contributed by atoms with Crippen LogP contribution in [0.25, 0.3) is 0 Å². The van der Waals surface area contributed by atoms with Crippen LogP contribution in [0.1, 0.15) is 44.2 Å². The quantitative estimate of drug-likeness (QED) is 0.884. The van der Waals surface area contributed by atoms with Crippen molar-refractivity contribution in [2.45, 2.75) is 44.8 Å². The van der Waals surface area contributed by atoms with Gasteiger partial charge in [0.1, 0.15) is 11.9 Å². The maximum atomic E-state index is 6.34. The van der Waals surface area contributed by atoms with Gasteiger partial charge in [-0.3, -0.25) is 0 Å². The highest BCUT2D eigenvalue weighted by molar-refractivity contribution is 9.10. The van der Waals surface area contributed by atoms with E-state index in [0.29, 0.717) is 18.1 Å². The molecule has 0 bridgehead atoms. The molecule has 0 spiro atoms. The molecule has 0 saturated carbocycles. The highest BCUT2D eigenvalue weighted by Gasteiger charge is 2.34. The zero-order valence-electron chi connectivity index (χ0n) is 12.6. The van der Waals surface area contributed by atoms with Crippen LogP contribution in [0, 0.1) is 5.92 Å². The maximum Gasteiger partial charge on any atom is 0.125 e. The monoisotopic (exact) mass is 353 g/mol. The first-order valence-corrected chi connectivity index (χ1v) is 8.84. The Morgan fingerprint density at radius 1 is 1.29 bits per heavy atom. The van der Waals surface area contributed by atoms with Gasteiger partial charge in [0.05, 0.1) is 0 Å². The predicted molar refractivity (Wildman–Crippen MR) is 87.8 cm³/mol. The first-order valence-electron chi connectivity index (χ1n) is 8.05. The van der Waals surface area contributed by atoms with Gasteiger partial charge in [-0.05, 0) is 37.9 Å².